The SMILES string of the molecule is [C-]#[N+]c1ccc(CNC(=O)c2ccc3c(c2)N(CC)C(=O)c2ccccc2S3=O)cc1. The molecule has 6 nitrogen and oxygen atoms in total. The molecule has 4 rings (SSSR count). The number of hydrogen-bond donors (Lipinski definition) is 1. The Morgan fingerprint density at radius 2 is 1.81 bits per heavy atom. The molecular weight excluding hydrogens is 410 g/mol. The van der Waals surface area contributed by atoms with Crippen LogP contribution in [-0.4, -0.2) is 22.6 Å². The van der Waals surface area contributed by atoms with Gasteiger partial charge in [0, 0.05) is 18.7 Å². The average Bonchev–Trinajstić information content (AvgIpc) is 2.90. The summed E-state index contributed by atoms with van der Waals surface area (Å²) in [5.41, 5.74) is 2.69. The largest absolute Gasteiger partial charge is 0.348 e. The van der Waals surface area contributed by atoms with Crippen LogP contribution in [0, 0.1) is 6.57 Å². The molecule has 3 aromatic carbocycles. The molecule has 1 aliphatic heterocycles. The maximum atomic E-state index is 13.2. The third-order valence-electron chi connectivity index (χ3n) is 5.11. The molecule has 2 amide bonds. The maximum Gasteiger partial charge on any atom is 0.259 e. The first-order valence-electron chi connectivity index (χ1n) is 9.74. The number of nitrogens with one attached hydrogen (secondary N) is 1. The van der Waals surface area contributed by atoms with Crippen molar-refractivity contribution in [2.45, 2.75) is 23.3 Å². The Kier molecular flexibility index (Phi) is 5.65. The van der Waals surface area contributed by atoms with Gasteiger partial charge in [-0.1, -0.05) is 36.4 Å². The molecule has 1 heterocycles. The van der Waals surface area contributed by atoms with Crippen LogP contribution >= 0.6 is 0 Å². The molecule has 1 atom stereocenters. The van der Waals surface area contributed by atoms with Crippen molar-refractivity contribution in [3.05, 3.63) is 94.8 Å². The number of hydrogen-bond acceptors (Lipinski definition) is 3. The number of carbonyl (C=O) groups is 2. The molecular formula is C24H19N3O3S. The lowest BCUT2D eigenvalue weighted by Crippen LogP contribution is -2.31. The van der Waals surface area contributed by atoms with Gasteiger partial charge in [0.1, 0.15) is 0 Å². The smallest absolute Gasteiger partial charge is 0.259 e. The van der Waals surface area contributed by atoms with Crippen LogP contribution in [0.3, 0.4) is 0 Å². The number of anilines is 1. The number of nitrogens with zero attached hydrogens (tertiary/aromatic N) is 2. The number of benzene rings is 3. The highest BCUT2D eigenvalue weighted by molar-refractivity contribution is 7.85. The molecule has 0 fully saturated rings. The molecule has 0 saturated heterocycles. The Morgan fingerprint density at radius 3 is 2.52 bits per heavy atom. The zero-order valence-electron chi connectivity index (χ0n) is 16.8. The van der Waals surface area contributed by atoms with Crippen LogP contribution in [0.5, 0.6) is 0 Å². The van der Waals surface area contributed by atoms with Gasteiger partial charge < -0.3 is 10.2 Å². The van der Waals surface area contributed by atoms with E-state index in [1.807, 2.05) is 6.92 Å². The fourth-order valence-corrected chi connectivity index (χ4v) is 4.84. The van der Waals surface area contributed by atoms with Crippen molar-refractivity contribution in [3.8, 4) is 0 Å². The Morgan fingerprint density at radius 1 is 1.06 bits per heavy atom. The summed E-state index contributed by atoms with van der Waals surface area (Å²) >= 11 is 0. The molecule has 0 saturated carbocycles. The molecule has 0 spiro atoms. The van der Waals surface area contributed by atoms with Gasteiger partial charge in [-0.05, 0) is 42.8 Å². The van der Waals surface area contributed by atoms with Crippen molar-refractivity contribution < 1.29 is 13.8 Å². The van der Waals surface area contributed by atoms with Crippen LogP contribution in [0.4, 0.5) is 11.4 Å². The number of carbonyl (C=O) groups excluding carboxylic acids is 2. The highest BCUT2D eigenvalue weighted by Gasteiger charge is 2.30. The van der Waals surface area contributed by atoms with E-state index in [0.29, 0.717) is 45.4 Å². The molecule has 154 valence electrons. The van der Waals surface area contributed by atoms with Gasteiger partial charge in [0.05, 0.1) is 38.4 Å². The lowest BCUT2D eigenvalue weighted by molar-refractivity contribution is 0.0947. The molecule has 0 radical (unpaired) electrons. The van der Waals surface area contributed by atoms with E-state index >= 15 is 0 Å². The van der Waals surface area contributed by atoms with Crippen molar-refractivity contribution in [2.75, 3.05) is 11.4 Å². The molecule has 1 aliphatic rings. The van der Waals surface area contributed by atoms with E-state index < -0.39 is 10.8 Å². The molecule has 0 aliphatic carbocycles. The molecule has 1 N–H and O–H groups in total. The van der Waals surface area contributed by atoms with Crippen LogP contribution in [0.2, 0.25) is 0 Å². The first-order valence-corrected chi connectivity index (χ1v) is 10.9. The van der Waals surface area contributed by atoms with Gasteiger partial charge in [0.2, 0.25) is 0 Å². The summed E-state index contributed by atoms with van der Waals surface area (Å²) < 4.78 is 13.2. The second kappa shape index (κ2) is 8.54. The maximum absolute atomic E-state index is 13.2. The molecule has 0 aromatic heterocycles. The first kappa shape index (κ1) is 20.5. The minimum atomic E-state index is -1.53. The summed E-state index contributed by atoms with van der Waals surface area (Å²) in [6.07, 6.45) is 0. The van der Waals surface area contributed by atoms with Gasteiger partial charge in [-0.2, -0.15) is 0 Å². The highest BCUT2D eigenvalue weighted by atomic mass is 32.2. The third-order valence-corrected chi connectivity index (χ3v) is 6.61. The molecule has 0 bridgehead atoms. The van der Waals surface area contributed by atoms with Gasteiger partial charge in [-0.25, -0.2) is 9.05 Å². The van der Waals surface area contributed by atoms with Crippen LogP contribution in [0.15, 0.2) is 76.5 Å². The summed E-state index contributed by atoms with van der Waals surface area (Å²) in [4.78, 5) is 31.7. The average molecular weight is 430 g/mol. The highest BCUT2D eigenvalue weighted by Crippen LogP contribution is 2.35. The van der Waals surface area contributed by atoms with Gasteiger partial charge in [-0.3, -0.25) is 9.59 Å². The van der Waals surface area contributed by atoms with Gasteiger partial charge >= 0.3 is 0 Å². The van der Waals surface area contributed by atoms with E-state index in [0.717, 1.165) is 5.56 Å². The molecule has 31 heavy (non-hydrogen) atoms. The van der Waals surface area contributed by atoms with Gasteiger partial charge in [0.15, 0.2) is 5.69 Å². The Bertz CT molecular complexity index is 1250. The van der Waals surface area contributed by atoms with Crippen LogP contribution in [0.1, 0.15) is 33.2 Å². The molecule has 3 aromatic rings. The van der Waals surface area contributed by atoms with Crippen molar-refractivity contribution in [1.29, 1.82) is 0 Å². The minimum Gasteiger partial charge on any atom is -0.348 e. The van der Waals surface area contributed by atoms with Crippen molar-refractivity contribution in [3.63, 3.8) is 0 Å². The number of amides is 2. The lowest BCUT2D eigenvalue weighted by Gasteiger charge is -2.21. The lowest BCUT2D eigenvalue weighted by atomic mass is 10.1. The van der Waals surface area contributed by atoms with Crippen LogP contribution in [0.25, 0.3) is 4.85 Å². The fourth-order valence-electron chi connectivity index (χ4n) is 3.49. The zero-order valence-corrected chi connectivity index (χ0v) is 17.6. The second-order valence-corrected chi connectivity index (χ2v) is 8.37. The van der Waals surface area contributed by atoms with Gasteiger partial charge in [0.25, 0.3) is 11.8 Å². The summed E-state index contributed by atoms with van der Waals surface area (Å²) in [7, 11) is -1.53. The van der Waals surface area contributed by atoms with Crippen molar-refractivity contribution in [1.82, 2.24) is 5.32 Å². The Labute approximate surface area is 182 Å². The van der Waals surface area contributed by atoms with Crippen LogP contribution < -0.4 is 10.2 Å². The van der Waals surface area contributed by atoms with Crippen molar-refractivity contribution >= 4 is 34.0 Å². The predicted octanol–water partition coefficient (Wildman–Crippen LogP) is 4.31. The van der Waals surface area contributed by atoms with E-state index in [-0.39, 0.29) is 11.8 Å². The third kappa shape index (κ3) is 3.86. The Hall–Kier alpha value is -3.76. The molecule has 7 heteroatoms. The Balaban J connectivity index is 1.63. The number of rotatable bonds is 4. The van der Waals surface area contributed by atoms with E-state index in [9.17, 15) is 13.8 Å². The summed E-state index contributed by atoms with van der Waals surface area (Å²) in [5.74, 6) is -0.532. The van der Waals surface area contributed by atoms with Crippen LogP contribution in [-0.2, 0) is 17.3 Å². The first-order chi connectivity index (χ1) is 15.0. The van der Waals surface area contributed by atoms with E-state index in [1.165, 1.54) is 0 Å². The minimum absolute atomic E-state index is 0.234. The predicted molar refractivity (Wildman–Crippen MR) is 119 cm³/mol. The van der Waals surface area contributed by atoms with Gasteiger partial charge in [-0.15, -0.1) is 0 Å². The monoisotopic (exact) mass is 429 g/mol. The number of fused-ring (bicyclic) bond motifs is 2. The molecule has 1 unspecified atom stereocenters. The second-order valence-electron chi connectivity index (χ2n) is 6.96. The van der Waals surface area contributed by atoms with E-state index in [1.54, 1.807) is 71.6 Å². The van der Waals surface area contributed by atoms with Crippen molar-refractivity contribution in [2.24, 2.45) is 0 Å². The van der Waals surface area contributed by atoms with E-state index in [4.69, 9.17) is 6.57 Å². The summed E-state index contributed by atoms with van der Waals surface area (Å²) in [6, 6.07) is 18.8. The normalized spacial score (nSPS) is 14.8. The summed E-state index contributed by atoms with van der Waals surface area (Å²) in [5, 5.41) is 2.85. The zero-order chi connectivity index (χ0) is 22.0. The standard InChI is InChI=1S/C24H19N3O3S/c1-3-27-20-14-17(23(28)26-15-16-8-11-18(25-2)12-9-16)10-13-22(20)31(30)21-7-5-4-6-19(21)24(27)29/h4-14H,3,15H2,1H3,(H,26,28). The fraction of sp³-hybridized carbons (Fsp3) is 0.125. The topological polar surface area (TPSA) is 70.8 Å². The van der Waals surface area contributed by atoms with E-state index in [2.05, 4.69) is 10.2 Å². The quantitative estimate of drug-likeness (QED) is 0.628. The summed E-state index contributed by atoms with van der Waals surface area (Å²) in [6.45, 7) is 9.54.